The molecule has 0 aromatic carbocycles. The Bertz CT molecular complexity index is 599. The number of aromatic nitrogens is 2. The van der Waals surface area contributed by atoms with Crippen LogP contribution >= 0.6 is 11.3 Å². The van der Waals surface area contributed by atoms with Gasteiger partial charge >= 0.3 is 0 Å². The maximum absolute atomic E-state index is 6.08. The second-order valence-corrected chi connectivity index (χ2v) is 6.99. The Hall–Kier alpha value is -1.20. The molecule has 1 saturated carbocycles. The summed E-state index contributed by atoms with van der Waals surface area (Å²) in [5.74, 6) is 1.76. The van der Waals surface area contributed by atoms with Crippen LogP contribution in [0, 0.1) is 12.8 Å². The molecule has 0 aliphatic heterocycles. The first-order valence-electron chi connectivity index (χ1n) is 7.30. The summed E-state index contributed by atoms with van der Waals surface area (Å²) in [6.45, 7) is 5.08. The van der Waals surface area contributed by atoms with Crippen LogP contribution in [0.5, 0.6) is 0 Å². The maximum atomic E-state index is 6.08. The van der Waals surface area contributed by atoms with Gasteiger partial charge in [-0.05, 0) is 49.5 Å². The van der Waals surface area contributed by atoms with E-state index in [1.54, 1.807) is 17.7 Å². The molecular formula is C15H22N4S. The lowest BCUT2D eigenvalue weighted by Crippen LogP contribution is -2.48. The van der Waals surface area contributed by atoms with Crippen LogP contribution < -0.4 is 11.1 Å². The summed E-state index contributed by atoms with van der Waals surface area (Å²) in [5, 5.41) is 5.80. The first kappa shape index (κ1) is 13.8. The number of nitrogens with zero attached hydrogens (tertiary/aromatic N) is 2. The Morgan fingerprint density at radius 2 is 2.15 bits per heavy atom. The first-order valence-corrected chi connectivity index (χ1v) is 8.18. The van der Waals surface area contributed by atoms with E-state index in [9.17, 15) is 0 Å². The number of hydrogen-bond acceptors (Lipinski definition) is 5. The van der Waals surface area contributed by atoms with E-state index in [0.717, 1.165) is 34.8 Å². The fourth-order valence-corrected chi connectivity index (χ4v) is 3.95. The fourth-order valence-electron chi connectivity index (χ4n) is 3.00. The molecular weight excluding hydrogens is 268 g/mol. The molecule has 3 N–H and O–H groups in total. The van der Waals surface area contributed by atoms with E-state index in [-0.39, 0.29) is 5.54 Å². The van der Waals surface area contributed by atoms with Gasteiger partial charge in [0.2, 0.25) is 0 Å². The van der Waals surface area contributed by atoms with Crippen LogP contribution in [0.2, 0.25) is 0 Å². The zero-order valence-corrected chi connectivity index (χ0v) is 13.0. The van der Waals surface area contributed by atoms with Crippen molar-refractivity contribution in [1.82, 2.24) is 9.97 Å². The molecule has 2 heterocycles. The molecule has 108 valence electrons. The van der Waals surface area contributed by atoms with Gasteiger partial charge in [-0.2, -0.15) is 0 Å². The molecule has 20 heavy (non-hydrogen) atoms. The molecule has 5 heteroatoms. The van der Waals surface area contributed by atoms with Gasteiger partial charge in [-0.15, -0.1) is 11.3 Å². The minimum absolute atomic E-state index is 0.00564. The standard InChI is InChI=1S/C15H22N4S/c1-10-3-5-15(8-16,6-4-10)19-14-13-12(17-9-18-14)11(2)7-20-13/h7,9-10H,3-6,8,16H2,1-2H3,(H,17,18,19). The van der Waals surface area contributed by atoms with Crippen LogP contribution in [-0.4, -0.2) is 22.1 Å². The van der Waals surface area contributed by atoms with Crippen molar-refractivity contribution in [3.05, 3.63) is 17.3 Å². The van der Waals surface area contributed by atoms with Crippen LogP contribution in [0.3, 0.4) is 0 Å². The van der Waals surface area contributed by atoms with Crippen molar-refractivity contribution >= 4 is 27.4 Å². The van der Waals surface area contributed by atoms with E-state index in [4.69, 9.17) is 5.73 Å². The molecule has 0 saturated heterocycles. The molecule has 1 aliphatic rings. The molecule has 3 rings (SSSR count). The minimum atomic E-state index is 0.00564. The largest absolute Gasteiger partial charge is 0.362 e. The number of thiophene rings is 1. The van der Waals surface area contributed by atoms with Gasteiger partial charge < -0.3 is 11.1 Å². The van der Waals surface area contributed by atoms with Crippen molar-refractivity contribution in [1.29, 1.82) is 0 Å². The molecule has 0 atom stereocenters. The Labute approximate surface area is 123 Å². The molecule has 0 spiro atoms. The normalized spacial score (nSPS) is 26.9. The SMILES string of the molecule is Cc1csc2c(NC3(CN)CCC(C)CC3)ncnc12. The summed E-state index contributed by atoms with van der Waals surface area (Å²) in [6.07, 6.45) is 6.38. The maximum Gasteiger partial charge on any atom is 0.147 e. The average molecular weight is 290 g/mol. The average Bonchev–Trinajstić information content (AvgIpc) is 2.85. The van der Waals surface area contributed by atoms with Gasteiger partial charge in [0, 0.05) is 6.54 Å². The smallest absolute Gasteiger partial charge is 0.147 e. The number of fused-ring (bicyclic) bond motifs is 1. The second kappa shape index (κ2) is 5.30. The van der Waals surface area contributed by atoms with Crippen molar-refractivity contribution < 1.29 is 0 Å². The fraction of sp³-hybridized carbons (Fsp3) is 0.600. The summed E-state index contributed by atoms with van der Waals surface area (Å²) in [5.41, 5.74) is 8.36. The molecule has 0 bridgehead atoms. The van der Waals surface area contributed by atoms with Crippen molar-refractivity contribution in [2.45, 2.75) is 45.1 Å². The highest BCUT2D eigenvalue weighted by Gasteiger charge is 2.33. The third kappa shape index (κ3) is 2.40. The van der Waals surface area contributed by atoms with Crippen molar-refractivity contribution in [3.8, 4) is 0 Å². The van der Waals surface area contributed by atoms with Crippen LogP contribution in [0.15, 0.2) is 11.7 Å². The zero-order valence-electron chi connectivity index (χ0n) is 12.1. The zero-order chi connectivity index (χ0) is 14.2. The predicted molar refractivity (Wildman–Crippen MR) is 85.2 cm³/mol. The topological polar surface area (TPSA) is 63.8 Å². The second-order valence-electron chi connectivity index (χ2n) is 6.11. The van der Waals surface area contributed by atoms with Gasteiger partial charge in [-0.3, -0.25) is 0 Å². The monoisotopic (exact) mass is 290 g/mol. The van der Waals surface area contributed by atoms with Crippen molar-refractivity contribution in [2.75, 3.05) is 11.9 Å². The molecule has 2 aromatic heterocycles. The Kier molecular flexibility index (Phi) is 3.65. The van der Waals surface area contributed by atoms with Crippen LogP contribution in [-0.2, 0) is 0 Å². The van der Waals surface area contributed by atoms with E-state index in [2.05, 4.69) is 34.5 Å². The third-order valence-electron chi connectivity index (χ3n) is 4.54. The summed E-state index contributed by atoms with van der Waals surface area (Å²) in [7, 11) is 0. The van der Waals surface area contributed by atoms with Crippen LogP contribution in [0.1, 0.15) is 38.2 Å². The molecule has 0 amide bonds. The Morgan fingerprint density at radius 1 is 1.40 bits per heavy atom. The first-order chi connectivity index (χ1) is 9.63. The van der Waals surface area contributed by atoms with Crippen molar-refractivity contribution in [3.63, 3.8) is 0 Å². The summed E-state index contributed by atoms with van der Waals surface area (Å²) < 4.78 is 1.15. The molecule has 1 fully saturated rings. The number of hydrogen-bond donors (Lipinski definition) is 2. The number of nitrogens with two attached hydrogens (primary N) is 1. The van der Waals surface area contributed by atoms with Gasteiger partial charge in [0.05, 0.1) is 15.8 Å². The quantitative estimate of drug-likeness (QED) is 0.910. The van der Waals surface area contributed by atoms with Gasteiger partial charge in [-0.25, -0.2) is 9.97 Å². The summed E-state index contributed by atoms with van der Waals surface area (Å²) in [6, 6.07) is 0. The predicted octanol–water partition coefficient (Wildman–Crippen LogP) is 3.32. The lowest BCUT2D eigenvalue weighted by atomic mass is 9.77. The van der Waals surface area contributed by atoms with E-state index < -0.39 is 0 Å². The number of anilines is 1. The summed E-state index contributed by atoms with van der Waals surface area (Å²) in [4.78, 5) is 8.84. The van der Waals surface area contributed by atoms with E-state index in [1.807, 2.05) is 0 Å². The van der Waals surface area contributed by atoms with Gasteiger partial charge in [0.1, 0.15) is 12.1 Å². The molecule has 2 aromatic rings. The molecule has 0 radical (unpaired) electrons. The van der Waals surface area contributed by atoms with E-state index >= 15 is 0 Å². The third-order valence-corrected chi connectivity index (χ3v) is 5.63. The number of aryl methyl sites for hydroxylation is 1. The highest BCUT2D eigenvalue weighted by Crippen LogP contribution is 2.36. The Morgan fingerprint density at radius 3 is 2.85 bits per heavy atom. The van der Waals surface area contributed by atoms with Gasteiger partial charge in [-0.1, -0.05) is 6.92 Å². The number of rotatable bonds is 3. The van der Waals surface area contributed by atoms with Crippen LogP contribution in [0.4, 0.5) is 5.82 Å². The lowest BCUT2D eigenvalue weighted by molar-refractivity contribution is 0.271. The van der Waals surface area contributed by atoms with Crippen molar-refractivity contribution in [2.24, 2.45) is 11.7 Å². The number of nitrogens with one attached hydrogen (secondary N) is 1. The minimum Gasteiger partial charge on any atom is -0.362 e. The molecule has 0 unspecified atom stereocenters. The summed E-state index contributed by atoms with van der Waals surface area (Å²) >= 11 is 1.71. The highest BCUT2D eigenvalue weighted by molar-refractivity contribution is 7.18. The highest BCUT2D eigenvalue weighted by atomic mass is 32.1. The Balaban J connectivity index is 1.91. The lowest BCUT2D eigenvalue weighted by Gasteiger charge is -2.39. The van der Waals surface area contributed by atoms with Gasteiger partial charge in [0.25, 0.3) is 0 Å². The molecule has 4 nitrogen and oxygen atoms in total. The van der Waals surface area contributed by atoms with E-state index in [0.29, 0.717) is 6.54 Å². The molecule has 1 aliphatic carbocycles. The van der Waals surface area contributed by atoms with Gasteiger partial charge in [0.15, 0.2) is 0 Å². The van der Waals surface area contributed by atoms with E-state index in [1.165, 1.54) is 18.4 Å². The van der Waals surface area contributed by atoms with Crippen LogP contribution in [0.25, 0.3) is 10.2 Å².